The third kappa shape index (κ3) is 4.44. The molecule has 0 aliphatic carbocycles. The lowest BCUT2D eigenvalue weighted by Gasteiger charge is -2.13. The molecule has 1 amide bonds. The van der Waals surface area contributed by atoms with E-state index in [-0.39, 0.29) is 17.0 Å². The third-order valence-electron chi connectivity index (χ3n) is 4.19. The van der Waals surface area contributed by atoms with Gasteiger partial charge in [-0.1, -0.05) is 12.1 Å². The molecule has 0 atom stereocenters. The van der Waals surface area contributed by atoms with E-state index in [0.717, 1.165) is 0 Å². The van der Waals surface area contributed by atoms with E-state index in [2.05, 4.69) is 30.1 Å². The maximum Gasteiger partial charge on any atom is 0.573 e. The smallest absolute Gasteiger partial charge is 0.405 e. The number of nitrogens with one attached hydrogen (secondary N) is 1. The maximum atomic E-state index is 12.8. The number of anilines is 1. The fourth-order valence-electron chi connectivity index (χ4n) is 3.03. The van der Waals surface area contributed by atoms with Crippen LogP contribution in [0.15, 0.2) is 48.7 Å². The lowest BCUT2D eigenvalue weighted by atomic mass is 10.1. The molecule has 4 aromatic rings. The number of para-hydroxylation sites is 1. The molecule has 0 saturated heterocycles. The maximum absolute atomic E-state index is 12.8. The van der Waals surface area contributed by atoms with E-state index in [0.29, 0.717) is 23.0 Å². The third-order valence-corrected chi connectivity index (χ3v) is 4.19. The fraction of sp³-hybridized carbons (Fsp3) is 0.150. The first-order chi connectivity index (χ1) is 14.7. The lowest BCUT2D eigenvalue weighted by Crippen LogP contribution is -2.18. The molecule has 3 heterocycles. The van der Waals surface area contributed by atoms with E-state index in [9.17, 15) is 18.0 Å². The zero-order valence-corrected chi connectivity index (χ0v) is 16.3. The highest BCUT2D eigenvalue weighted by Crippen LogP contribution is 2.32. The largest absolute Gasteiger partial charge is 0.573 e. The van der Waals surface area contributed by atoms with Crippen molar-refractivity contribution in [3.8, 4) is 17.0 Å². The number of carbonyl (C=O) groups is 1. The standard InChI is InChI=1S/C20H15F3N6O2/c1-11-9-17(26-12(2)25-11)27-19(30)15-10-24-18-8-7-14(28-29(15)18)13-5-3-4-6-16(13)31-20(21,22)23/h3-10H,1-2H3,(H,25,26,27,30). The molecule has 0 aliphatic rings. The van der Waals surface area contributed by atoms with Gasteiger partial charge in [0.15, 0.2) is 11.3 Å². The first kappa shape index (κ1) is 20.3. The van der Waals surface area contributed by atoms with Crippen LogP contribution in [0.3, 0.4) is 0 Å². The van der Waals surface area contributed by atoms with Crippen molar-refractivity contribution >= 4 is 17.4 Å². The van der Waals surface area contributed by atoms with Crippen molar-refractivity contribution in [2.45, 2.75) is 20.2 Å². The molecule has 0 aliphatic heterocycles. The molecule has 0 saturated carbocycles. The Labute approximate surface area is 173 Å². The highest BCUT2D eigenvalue weighted by molar-refractivity contribution is 6.02. The molecule has 0 spiro atoms. The topological polar surface area (TPSA) is 94.3 Å². The number of hydrogen-bond donors (Lipinski definition) is 1. The molecule has 0 unspecified atom stereocenters. The van der Waals surface area contributed by atoms with Gasteiger partial charge in [-0.05, 0) is 38.1 Å². The minimum Gasteiger partial charge on any atom is -0.405 e. The van der Waals surface area contributed by atoms with E-state index in [4.69, 9.17) is 0 Å². The van der Waals surface area contributed by atoms with Crippen LogP contribution in [-0.2, 0) is 0 Å². The number of hydrogen-bond acceptors (Lipinski definition) is 6. The highest BCUT2D eigenvalue weighted by Gasteiger charge is 2.32. The van der Waals surface area contributed by atoms with Crippen molar-refractivity contribution < 1.29 is 22.7 Å². The molecular weight excluding hydrogens is 413 g/mol. The van der Waals surface area contributed by atoms with Gasteiger partial charge < -0.3 is 10.1 Å². The minimum atomic E-state index is -4.85. The second-order valence-electron chi connectivity index (χ2n) is 6.57. The molecule has 31 heavy (non-hydrogen) atoms. The summed E-state index contributed by atoms with van der Waals surface area (Å²) in [5.41, 5.74) is 1.40. The number of alkyl halides is 3. The van der Waals surface area contributed by atoms with Gasteiger partial charge in [0.1, 0.15) is 17.4 Å². The molecule has 8 nitrogen and oxygen atoms in total. The van der Waals surface area contributed by atoms with Crippen LogP contribution in [0.2, 0.25) is 0 Å². The van der Waals surface area contributed by atoms with E-state index in [1.165, 1.54) is 35.0 Å². The quantitative estimate of drug-likeness (QED) is 0.529. The molecular formula is C20H15F3N6O2. The molecule has 1 aromatic carbocycles. The molecule has 0 bridgehead atoms. The Kier molecular flexibility index (Phi) is 5.01. The van der Waals surface area contributed by atoms with Gasteiger partial charge in [-0.2, -0.15) is 5.10 Å². The summed E-state index contributed by atoms with van der Waals surface area (Å²) in [6.07, 6.45) is -3.53. The molecule has 4 rings (SSSR count). The van der Waals surface area contributed by atoms with Gasteiger partial charge in [-0.25, -0.2) is 19.5 Å². The summed E-state index contributed by atoms with van der Waals surface area (Å²) in [5.74, 6) is -0.130. The zero-order valence-electron chi connectivity index (χ0n) is 16.3. The van der Waals surface area contributed by atoms with Gasteiger partial charge >= 0.3 is 6.36 Å². The molecule has 3 aromatic heterocycles. The average molecular weight is 428 g/mol. The van der Waals surface area contributed by atoms with Gasteiger partial charge in [0.2, 0.25) is 0 Å². The zero-order chi connectivity index (χ0) is 22.2. The number of carbonyl (C=O) groups excluding carboxylic acids is 1. The fourth-order valence-corrected chi connectivity index (χ4v) is 3.03. The Balaban J connectivity index is 1.71. The van der Waals surface area contributed by atoms with Crippen molar-refractivity contribution in [2.75, 3.05) is 5.32 Å². The number of amides is 1. The van der Waals surface area contributed by atoms with Crippen LogP contribution in [0.4, 0.5) is 19.0 Å². The monoisotopic (exact) mass is 428 g/mol. The van der Waals surface area contributed by atoms with E-state index in [1.807, 2.05) is 0 Å². The van der Waals surface area contributed by atoms with Crippen LogP contribution in [-0.4, -0.2) is 36.8 Å². The normalized spacial score (nSPS) is 11.5. The van der Waals surface area contributed by atoms with E-state index >= 15 is 0 Å². The number of nitrogens with zero attached hydrogens (tertiary/aromatic N) is 5. The SMILES string of the molecule is Cc1cc(NC(=O)c2cnc3ccc(-c4ccccc4OC(F)(F)F)nn23)nc(C)n1. The summed E-state index contributed by atoms with van der Waals surface area (Å²) in [4.78, 5) is 25.2. The number of benzene rings is 1. The Morgan fingerprint density at radius 3 is 2.61 bits per heavy atom. The lowest BCUT2D eigenvalue weighted by molar-refractivity contribution is -0.274. The summed E-state index contributed by atoms with van der Waals surface area (Å²) < 4.78 is 43.6. The Morgan fingerprint density at radius 1 is 1.10 bits per heavy atom. The first-order valence-electron chi connectivity index (χ1n) is 9.03. The molecule has 0 fully saturated rings. The van der Waals surface area contributed by atoms with E-state index < -0.39 is 18.0 Å². The van der Waals surface area contributed by atoms with Crippen molar-refractivity contribution in [3.63, 3.8) is 0 Å². The summed E-state index contributed by atoms with van der Waals surface area (Å²) in [5, 5.41) is 6.96. The van der Waals surface area contributed by atoms with Crippen LogP contribution in [0.1, 0.15) is 22.0 Å². The molecule has 11 heteroatoms. The van der Waals surface area contributed by atoms with Crippen LogP contribution in [0.25, 0.3) is 16.9 Å². The summed E-state index contributed by atoms with van der Waals surface area (Å²) in [6, 6.07) is 10.3. The number of fused-ring (bicyclic) bond motifs is 1. The number of aromatic nitrogens is 5. The molecule has 1 N–H and O–H groups in total. The highest BCUT2D eigenvalue weighted by atomic mass is 19.4. The molecule has 0 radical (unpaired) electrons. The number of imidazole rings is 1. The van der Waals surface area contributed by atoms with Crippen LogP contribution in [0, 0.1) is 13.8 Å². The number of ether oxygens (including phenoxy) is 1. The van der Waals surface area contributed by atoms with Gasteiger partial charge in [0.05, 0.1) is 11.9 Å². The Bertz CT molecular complexity index is 1270. The predicted octanol–water partition coefficient (Wildman–Crippen LogP) is 3.95. The van der Waals surface area contributed by atoms with Crippen molar-refractivity contribution in [1.29, 1.82) is 0 Å². The van der Waals surface area contributed by atoms with Gasteiger partial charge in [0.25, 0.3) is 5.91 Å². The summed E-state index contributed by atoms with van der Waals surface area (Å²) >= 11 is 0. The van der Waals surface area contributed by atoms with Gasteiger partial charge in [-0.3, -0.25) is 4.79 Å². The van der Waals surface area contributed by atoms with Crippen LogP contribution < -0.4 is 10.1 Å². The number of rotatable bonds is 4. The van der Waals surface area contributed by atoms with Gasteiger partial charge in [-0.15, -0.1) is 13.2 Å². The van der Waals surface area contributed by atoms with Crippen molar-refractivity contribution in [3.05, 3.63) is 65.9 Å². The first-order valence-corrected chi connectivity index (χ1v) is 9.03. The van der Waals surface area contributed by atoms with Crippen LogP contribution in [0.5, 0.6) is 5.75 Å². The Hall–Kier alpha value is -4.02. The van der Waals surface area contributed by atoms with E-state index in [1.54, 1.807) is 32.0 Å². The predicted molar refractivity (Wildman–Crippen MR) is 105 cm³/mol. The second kappa shape index (κ2) is 7.67. The van der Waals surface area contributed by atoms with Crippen molar-refractivity contribution in [1.82, 2.24) is 24.6 Å². The van der Waals surface area contributed by atoms with Crippen molar-refractivity contribution in [2.24, 2.45) is 0 Å². The van der Waals surface area contributed by atoms with Crippen LogP contribution >= 0.6 is 0 Å². The minimum absolute atomic E-state index is 0.0833. The summed E-state index contributed by atoms with van der Waals surface area (Å²) in [7, 11) is 0. The average Bonchev–Trinajstić information content (AvgIpc) is 3.09. The van der Waals surface area contributed by atoms with Gasteiger partial charge in [0, 0.05) is 17.3 Å². The number of halogens is 3. The number of aryl methyl sites for hydroxylation is 2. The molecule has 158 valence electrons. The second-order valence-corrected chi connectivity index (χ2v) is 6.57. The Morgan fingerprint density at radius 2 is 1.87 bits per heavy atom. The summed E-state index contributed by atoms with van der Waals surface area (Å²) in [6.45, 7) is 3.47.